The summed E-state index contributed by atoms with van der Waals surface area (Å²) in [5, 5.41) is 10.2. The topological polar surface area (TPSA) is 57.2 Å². The first-order valence-corrected chi connectivity index (χ1v) is 9.82. The molecule has 3 aromatic heterocycles. The van der Waals surface area contributed by atoms with E-state index in [2.05, 4.69) is 16.0 Å². The average molecular weight is 409 g/mol. The summed E-state index contributed by atoms with van der Waals surface area (Å²) in [5.41, 5.74) is 3.01. The molecule has 8 heteroatoms. The molecule has 146 valence electrons. The van der Waals surface area contributed by atoms with Crippen LogP contribution in [-0.4, -0.2) is 21.4 Å². The molecule has 0 saturated heterocycles. The van der Waals surface area contributed by atoms with Gasteiger partial charge in [-0.15, -0.1) is 0 Å². The van der Waals surface area contributed by atoms with E-state index in [0.717, 1.165) is 11.5 Å². The second-order valence-electron chi connectivity index (χ2n) is 6.62. The van der Waals surface area contributed by atoms with E-state index < -0.39 is 0 Å². The van der Waals surface area contributed by atoms with E-state index in [1.807, 2.05) is 23.3 Å². The summed E-state index contributed by atoms with van der Waals surface area (Å²) in [5.74, 6) is 0.120. The SMILES string of the molecule is CCc1nc2cc(F)c(C)cn2c1N(C)c1nc(-c2ccc(F)cc2)c(C#N)s1. The lowest BCUT2D eigenvalue weighted by Gasteiger charge is -2.17. The van der Waals surface area contributed by atoms with Gasteiger partial charge in [0.1, 0.15) is 39.7 Å². The van der Waals surface area contributed by atoms with Crippen LogP contribution in [0.4, 0.5) is 19.7 Å². The van der Waals surface area contributed by atoms with Crippen LogP contribution in [0.2, 0.25) is 0 Å². The first kappa shape index (κ1) is 19.0. The molecule has 3 heterocycles. The van der Waals surface area contributed by atoms with Crippen LogP contribution in [0.1, 0.15) is 23.1 Å². The first-order chi connectivity index (χ1) is 13.9. The van der Waals surface area contributed by atoms with E-state index in [-0.39, 0.29) is 11.6 Å². The van der Waals surface area contributed by atoms with Gasteiger partial charge in [0.25, 0.3) is 0 Å². The number of pyridine rings is 1. The zero-order chi connectivity index (χ0) is 20.7. The number of anilines is 2. The number of rotatable bonds is 4. The van der Waals surface area contributed by atoms with Crippen LogP contribution in [0.3, 0.4) is 0 Å². The van der Waals surface area contributed by atoms with Gasteiger partial charge in [0.05, 0.1) is 5.69 Å². The maximum Gasteiger partial charge on any atom is 0.192 e. The number of hydrogen-bond acceptors (Lipinski definition) is 5. The lowest BCUT2D eigenvalue weighted by molar-refractivity contribution is 0.616. The Hall–Kier alpha value is -3.31. The monoisotopic (exact) mass is 409 g/mol. The molecule has 29 heavy (non-hydrogen) atoms. The number of thiazole rings is 1. The molecule has 0 radical (unpaired) electrons. The Labute approximate surface area is 170 Å². The molecule has 0 unspecified atom stereocenters. The van der Waals surface area contributed by atoms with Crippen molar-refractivity contribution in [2.45, 2.75) is 20.3 Å². The Balaban J connectivity index is 1.85. The zero-order valence-corrected chi connectivity index (χ0v) is 16.9. The van der Waals surface area contributed by atoms with E-state index in [9.17, 15) is 14.0 Å². The van der Waals surface area contributed by atoms with E-state index in [1.54, 1.807) is 25.3 Å². The van der Waals surface area contributed by atoms with Crippen LogP contribution in [0.15, 0.2) is 36.5 Å². The zero-order valence-electron chi connectivity index (χ0n) is 16.1. The molecular formula is C21H17F2N5S. The lowest BCUT2D eigenvalue weighted by Crippen LogP contribution is -2.13. The summed E-state index contributed by atoms with van der Waals surface area (Å²) in [6.07, 6.45) is 2.37. The highest BCUT2D eigenvalue weighted by Gasteiger charge is 2.22. The predicted molar refractivity (Wildman–Crippen MR) is 110 cm³/mol. The quantitative estimate of drug-likeness (QED) is 0.462. The smallest absolute Gasteiger partial charge is 0.192 e. The minimum atomic E-state index is -0.347. The Bertz CT molecular complexity index is 1250. The molecule has 0 amide bonds. The third-order valence-electron chi connectivity index (χ3n) is 4.71. The molecule has 0 fully saturated rings. The van der Waals surface area contributed by atoms with Crippen molar-refractivity contribution in [1.29, 1.82) is 5.26 Å². The molecule has 0 aliphatic heterocycles. The van der Waals surface area contributed by atoms with Gasteiger partial charge in [-0.05, 0) is 37.6 Å². The number of aromatic nitrogens is 3. The summed E-state index contributed by atoms with van der Waals surface area (Å²) in [4.78, 5) is 11.5. The fourth-order valence-corrected chi connectivity index (χ4v) is 4.06. The van der Waals surface area contributed by atoms with Crippen molar-refractivity contribution in [2.75, 3.05) is 11.9 Å². The van der Waals surface area contributed by atoms with E-state index in [0.29, 0.717) is 38.9 Å². The van der Waals surface area contributed by atoms with Gasteiger partial charge in [0, 0.05) is 30.4 Å². The fourth-order valence-electron chi connectivity index (χ4n) is 3.22. The molecule has 0 bridgehead atoms. The molecule has 1 aromatic carbocycles. The summed E-state index contributed by atoms with van der Waals surface area (Å²) >= 11 is 1.24. The molecule has 0 atom stereocenters. The van der Waals surface area contributed by atoms with Crippen LogP contribution in [0.25, 0.3) is 16.9 Å². The van der Waals surface area contributed by atoms with Gasteiger partial charge in [0.2, 0.25) is 0 Å². The van der Waals surface area contributed by atoms with Crippen LogP contribution < -0.4 is 4.90 Å². The third-order valence-corrected chi connectivity index (χ3v) is 5.75. The third kappa shape index (κ3) is 3.23. The highest BCUT2D eigenvalue weighted by atomic mass is 32.1. The van der Waals surface area contributed by atoms with Crippen molar-refractivity contribution in [3.8, 4) is 17.3 Å². The number of aryl methyl sites for hydroxylation is 2. The van der Waals surface area contributed by atoms with Crippen molar-refractivity contribution in [1.82, 2.24) is 14.4 Å². The number of fused-ring (bicyclic) bond motifs is 1. The fraction of sp³-hybridized carbons (Fsp3) is 0.190. The second kappa shape index (κ2) is 7.26. The number of hydrogen-bond donors (Lipinski definition) is 0. The normalized spacial score (nSPS) is 11.0. The largest absolute Gasteiger partial charge is 0.305 e. The van der Waals surface area contributed by atoms with Crippen LogP contribution in [0, 0.1) is 29.9 Å². The van der Waals surface area contributed by atoms with Crippen LogP contribution in [-0.2, 0) is 6.42 Å². The van der Waals surface area contributed by atoms with E-state index in [4.69, 9.17) is 0 Å². The van der Waals surface area contributed by atoms with Gasteiger partial charge in [-0.3, -0.25) is 4.40 Å². The number of nitrogens with zero attached hydrogens (tertiary/aromatic N) is 5. The summed E-state index contributed by atoms with van der Waals surface area (Å²) in [6.45, 7) is 3.68. The van der Waals surface area contributed by atoms with Gasteiger partial charge >= 0.3 is 0 Å². The molecule has 0 saturated carbocycles. The molecule has 0 aliphatic rings. The van der Waals surface area contributed by atoms with E-state index in [1.165, 1.54) is 29.5 Å². The highest BCUT2D eigenvalue weighted by Crippen LogP contribution is 2.37. The van der Waals surface area contributed by atoms with Gasteiger partial charge in [-0.25, -0.2) is 18.7 Å². The second-order valence-corrected chi connectivity index (χ2v) is 7.60. The highest BCUT2D eigenvalue weighted by molar-refractivity contribution is 7.16. The molecular weight excluding hydrogens is 392 g/mol. The van der Waals surface area contributed by atoms with E-state index >= 15 is 0 Å². The van der Waals surface area contributed by atoms with Crippen LogP contribution >= 0.6 is 11.3 Å². The maximum atomic E-state index is 14.0. The van der Waals surface area contributed by atoms with Crippen LogP contribution in [0.5, 0.6) is 0 Å². The van der Waals surface area contributed by atoms with Gasteiger partial charge in [0.15, 0.2) is 5.13 Å². The molecule has 5 nitrogen and oxygen atoms in total. The number of benzene rings is 1. The summed E-state index contributed by atoms with van der Waals surface area (Å²) in [6, 6.07) is 9.49. The minimum Gasteiger partial charge on any atom is -0.305 e. The predicted octanol–water partition coefficient (Wildman–Crippen LogP) is 5.25. The molecule has 0 spiro atoms. The first-order valence-electron chi connectivity index (χ1n) is 9.00. The summed E-state index contributed by atoms with van der Waals surface area (Å²) in [7, 11) is 1.84. The van der Waals surface area contributed by atoms with Crippen molar-refractivity contribution in [3.63, 3.8) is 0 Å². The molecule has 0 N–H and O–H groups in total. The summed E-state index contributed by atoms with van der Waals surface area (Å²) < 4.78 is 29.1. The molecule has 0 aliphatic carbocycles. The average Bonchev–Trinajstić information content (AvgIpc) is 3.30. The Morgan fingerprint density at radius 3 is 2.59 bits per heavy atom. The number of halogens is 2. The van der Waals surface area contributed by atoms with Crippen molar-refractivity contribution in [2.24, 2.45) is 0 Å². The Morgan fingerprint density at radius 1 is 1.21 bits per heavy atom. The number of imidazole rings is 1. The molecule has 4 aromatic rings. The van der Waals surface area contributed by atoms with Crippen molar-refractivity contribution in [3.05, 3.63) is 64.3 Å². The van der Waals surface area contributed by atoms with Crippen molar-refractivity contribution < 1.29 is 8.78 Å². The minimum absolute atomic E-state index is 0.307. The number of nitriles is 1. The van der Waals surface area contributed by atoms with Crippen molar-refractivity contribution >= 4 is 27.9 Å². The Morgan fingerprint density at radius 2 is 1.93 bits per heavy atom. The Kier molecular flexibility index (Phi) is 4.76. The van der Waals surface area contributed by atoms with Gasteiger partial charge < -0.3 is 4.90 Å². The molecule has 4 rings (SSSR count). The maximum absolute atomic E-state index is 14.0. The lowest BCUT2D eigenvalue weighted by atomic mass is 10.1. The standard InChI is InChI=1S/C21H17F2N5S/c1-4-16-20(28-11-12(2)15(23)9-18(28)25-16)27(3)21-26-19(17(10-24)29-21)13-5-7-14(22)8-6-13/h5-9,11H,4H2,1-3H3. The van der Waals surface area contributed by atoms with Gasteiger partial charge in [-0.1, -0.05) is 18.3 Å². The van der Waals surface area contributed by atoms with Gasteiger partial charge in [-0.2, -0.15) is 5.26 Å².